The predicted octanol–water partition coefficient (Wildman–Crippen LogP) is 3.02. The van der Waals surface area contributed by atoms with E-state index in [2.05, 4.69) is 16.5 Å². The van der Waals surface area contributed by atoms with Gasteiger partial charge in [-0.05, 0) is 48.4 Å². The fraction of sp³-hybridized carbons (Fsp3) is 0.238. The van der Waals surface area contributed by atoms with E-state index >= 15 is 0 Å². The molecule has 1 N–H and O–H groups in total. The molecule has 1 atom stereocenters. The van der Waals surface area contributed by atoms with Crippen LogP contribution in [0.25, 0.3) is 0 Å². The molecular formula is C21H23N3O3. The van der Waals surface area contributed by atoms with Crippen molar-refractivity contribution >= 4 is 5.91 Å². The summed E-state index contributed by atoms with van der Waals surface area (Å²) in [6.07, 6.45) is 3.09. The van der Waals surface area contributed by atoms with Crippen molar-refractivity contribution in [3.05, 3.63) is 78.1 Å². The molecular weight excluding hydrogens is 342 g/mol. The molecule has 0 spiro atoms. The summed E-state index contributed by atoms with van der Waals surface area (Å²) in [5.74, 6) is 1.21. The van der Waals surface area contributed by atoms with Gasteiger partial charge in [-0.2, -0.15) is 5.10 Å². The number of amides is 1. The maximum Gasteiger partial charge on any atom is 0.261 e. The zero-order valence-electron chi connectivity index (χ0n) is 15.5. The summed E-state index contributed by atoms with van der Waals surface area (Å²) in [4.78, 5) is 12.3. The van der Waals surface area contributed by atoms with E-state index in [1.54, 1.807) is 44.5 Å². The molecule has 140 valence electrons. The van der Waals surface area contributed by atoms with Gasteiger partial charge in [0.1, 0.15) is 11.5 Å². The lowest BCUT2D eigenvalue weighted by Gasteiger charge is -2.15. The van der Waals surface area contributed by atoms with Crippen molar-refractivity contribution in [1.82, 2.24) is 15.1 Å². The van der Waals surface area contributed by atoms with Crippen LogP contribution in [-0.2, 0) is 17.9 Å². The Hall–Kier alpha value is -3.28. The van der Waals surface area contributed by atoms with Crippen LogP contribution in [0.1, 0.15) is 18.1 Å². The van der Waals surface area contributed by atoms with Crippen LogP contribution in [0.3, 0.4) is 0 Å². The molecule has 2 aromatic carbocycles. The Bertz CT molecular complexity index is 861. The van der Waals surface area contributed by atoms with Crippen LogP contribution in [0.2, 0.25) is 0 Å². The number of nitrogens with zero attached hydrogens (tertiary/aromatic N) is 2. The number of methoxy groups -OCH3 is 1. The van der Waals surface area contributed by atoms with Crippen LogP contribution < -0.4 is 14.8 Å². The zero-order chi connectivity index (χ0) is 19.1. The highest BCUT2D eigenvalue weighted by molar-refractivity contribution is 5.80. The van der Waals surface area contributed by atoms with Crippen molar-refractivity contribution in [2.24, 2.45) is 0 Å². The van der Waals surface area contributed by atoms with E-state index < -0.39 is 6.10 Å². The van der Waals surface area contributed by atoms with E-state index in [4.69, 9.17) is 9.47 Å². The maximum absolute atomic E-state index is 12.3. The van der Waals surface area contributed by atoms with Crippen LogP contribution in [-0.4, -0.2) is 28.9 Å². The Kier molecular flexibility index (Phi) is 6.10. The highest BCUT2D eigenvalue weighted by Gasteiger charge is 2.14. The van der Waals surface area contributed by atoms with Gasteiger partial charge in [-0.25, -0.2) is 0 Å². The Morgan fingerprint density at radius 3 is 2.56 bits per heavy atom. The van der Waals surface area contributed by atoms with Gasteiger partial charge in [0, 0.05) is 18.9 Å². The first kappa shape index (κ1) is 18.5. The Morgan fingerprint density at radius 1 is 1.11 bits per heavy atom. The number of aromatic nitrogens is 2. The summed E-state index contributed by atoms with van der Waals surface area (Å²) < 4.78 is 12.7. The topological polar surface area (TPSA) is 65.4 Å². The van der Waals surface area contributed by atoms with Crippen molar-refractivity contribution in [2.45, 2.75) is 26.1 Å². The minimum Gasteiger partial charge on any atom is -0.497 e. The molecule has 0 aliphatic heterocycles. The molecule has 1 aromatic heterocycles. The lowest BCUT2D eigenvalue weighted by molar-refractivity contribution is -0.127. The molecule has 1 unspecified atom stereocenters. The smallest absolute Gasteiger partial charge is 0.261 e. The minimum atomic E-state index is -0.592. The largest absolute Gasteiger partial charge is 0.497 e. The molecule has 0 aliphatic carbocycles. The second-order valence-electron chi connectivity index (χ2n) is 6.18. The van der Waals surface area contributed by atoms with Crippen LogP contribution in [0.4, 0.5) is 0 Å². The fourth-order valence-electron chi connectivity index (χ4n) is 2.66. The molecule has 6 nitrogen and oxygen atoms in total. The lowest BCUT2D eigenvalue weighted by Crippen LogP contribution is -2.35. The van der Waals surface area contributed by atoms with Gasteiger partial charge in [0.2, 0.25) is 0 Å². The second kappa shape index (κ2) is 8.89. The molecule has 27 heavy (non-hydrogen) atoms. The Balaban J connectivity index is 1.51. The number of ether oxygens (including phenoxy) is 2. The van der Waals surface area contributed by atoms with E-state index in [-0.39, 0.29) is 5.91 Å². The van der Waals surface area contributed by atoms with Gasteiger partial charge < -0.3 is 14.8 Å². The molecule has 0 fully saturated rings. The molecule has 3 aromatic rings. The Morgan fingerprint density at radius 2 is 1.85 bits per heavy atom. The van der Waals surface area contributed by atoms with Gasteiger partial charge in [-0.1, -0.05) is 24.3 Å². The van der Waals surface area contributed by atoms with E-state index in [0.717, 1.165) is 16.9 Å². The highest BCUT2D eigenvalue weighted by Crippen LogP contribution is 2.18. The number of benzene rings is 2. The van der Waals surface area contributed by atoms with E-state index in [9.17, 15) is 4.79 Å². The number of carbonyl (C=O) groups is 1. The molecule has 0 saturated heterocycles. The SMILES string of the molecule is COc1ccc(OC(C)C(=O)NCc2cccc(Cn3cccn3)c2)cc1. The van der Waals surface area contributed by atoms with Gasteiger partial charge in [-0.3, -0.25) is 9.48 Å². The van der Waals surface area contributed by atoms with E-state index in [1.165, 1.54) is 0 Å². The van der Waals surface area contributed by atoms with E-state index in [1.807, 2.05) is 35.1 Å². The van der Waals surface area contributed by atoms with Gasteiger partial charge >= 0.3 is 0 Å². The second-order valence-corrected chi connectivity index (χ2v) is 6.18. The molecule has 0 aliphatic rings. The lowest BCUT2D eigenvalue weighted by atomic mass is 10.1. The molecule has 0 saturated carbocycles. The van der Waals surface area contributed by atoms with Gasteiger partial charge in [-0.15, -0.1) is 0 Å². The molecule has 1 amide bonds. The quantitative estimate of drug-likeness (QED) is 0.666. The van der Waals surface area contributed by atoms with Crippen molar-refractivity contribution in [1.29, 1.82) is 0 Å². The predicted molar refractivity (Wildman–Crippen MR) is 103 cm³/mol. The molecule has 6 heteroatoms. The van der Waals surface area contributed by atoms with Crippen molar-refractivity contribution in [3.8, 4) is 11.5 Å². The summed E-state index contributed by atoms with van der Waals surface area (Å²) >= 11 is 0. The van der Waals surface area contributed by atoms with Gasteiger partial charge in [0.15, 0.2) is 6.10 Å². The third-order valence-electron chi connectivity index (χ3n) is 4.10. The summed E-state index contributed by atoms with van der Waals surface area (Å²) in [5.41, 5.74) is 2.16. The first-order valence-corrected chi connectivity index (χ1v) is 8.78. The van der Waals surface area contributed by atoms with Crippen molar-refractivity contribution in [3.63, 3.8) is 0 Å². The summed E-state index contributed by atoms with van der Waals surface area (Å²) in [7, 11) is 1.61. The minimum absolute atomic E-state index is 0.164. The maximum atomic E-state index is 12.3. The number of hydrogen-bond donors (Lipinski definition) is 1. The standard InChI is InChI=1S/C21H23N3O3/c1-16(27-20-9-7-19(26-2)8-10-20)21(25)22-14-17-5-3-6-18(13-17)15-24-12-4-11-23-24/h3-13,16H,14-15H2,1-2H3,(H,22,25). The number of nitrogens with one attached hydrogen (secondary N) is 1. The van der Waals surface area contributed by atoms with Crippen molar-refractivity contribution < 1.29 is 14.3 Å². The monoisotopic (exact) mass is 365 g/mol. The summed E-state index contributed by atoms with van der Waals surface area (Å²) in [6.45, 7) is 2.88. The third-order valence-corrected chi connectivity index (χ3v) is 4.10. The average Bonchev–Trinajstić information content (AvgIpc) is 3.20. The number of rotatable bonds is 8. The normalized spacial score (nSPS) is 11.6. The third kappa shape index (κ3) is 5.34. The van der Waals surface area contributed by atoms with E-state index in [0.29, 0.717) is 18.8 Å². The van der Waals surface area contributed by atoms with Crippen LogP contribution >= 0.6 is 0 Å². The van der Waals surface area contributed by atoms with Crippen LogP contribution in [0, 0.1) is 0 Å². The van der Waals surface area contributed by atoms with Crippen LogP contribution in [0.5, 0.6) is 11.5 Å². The molecule has 0 radical (unpaired) electrons. The molecule has 3 rings (SSSR count). The first-order chi connectivity index (χ1) is 13.1. The zero-order valence-corrected chi connectivity index (χ0v) is 15.5. The molecule has 0 bridgehead atoms. The highest BCUT2D eigenvalue weighted by atomic mass is 16.5. The average molecular weight is 365 g/mol. The van der Waals surface area contributed by atoms with Crippen LogP contribution in [0.15, 0.2) is 67.0 Å². The fourth-order valence-corrected chi connectivity index (χ4v) is 2.66. The number of carbonyl (C=O) groups excluding carboxylic acids is 1. The first-order valence-electron chi connectivity index (χ1n) is 8.78. The summed E-state index contributed by atoms with van der Waals surface area (Å²) in [5, 5.41) is 7.13. The van der Waals surface area contributed by atoms with Gasteiger partial charge in [0.05, 0.1) is 13.7 Å². The number of hydrogen-bond acceptors (Lipinski definition) is 4. The Labute approximate surface area is 158 Å². The van der Waals surface area contributed by atoms with Crippen molar-refractivity contribution in [2.75, 3.05) is 7.11 Å². The summed E-state index contributed by atoms with van der Waals surface area (Å²) in [6, 6.07) is 17.1. The van der Waals surface area contributed by atoms with Gasteiger partial charge in [0.25, 0.3) is 5.91 Å². The molecule has 1 heterocycles.